The third-order valence-corrected chi connectivity index (χ3v) is 7.69. The second kappa shape index (κ2) is 10.0. The van der Waals surface area contributed by atoms with Crippen molar-refractivity contribution in [3.05, 3.63) is 86.9 Å². The second-order valence-corrected chi connectivity index (χ2v) is 10.3. The average molecular weight is 536 g/mol. The van der Waals surface area contributed by atoms with Crippen molar-refractivity contribution in [2.45, 2.75) is 36.8 Å². The van der Waals surface area contributed by atoms with Crippen molar-refractivity contribution in [1.29, 1.82) is 0 Å². The van der Waals surface area contributed by atoms with E-state index < -0.39 is 39.7 Å². The van der Waals surface area contributed by atoms with E-state index in [9.17, 15) is 18.3 Å². The van der Waals surface area contributed by atoms with Crippen molar-refractivity contribution < 1.29 is 27.1 Å². The van der Waals surface area contributed by atoms with Crippen LogP contribution < -0.4 is 15.2 Å². The van der Waals surface area contributed by atoms with Crippen LogP contribution >= 0.6 is 11.6 Å². The first-order valence-electron chi connectivity index (χ1n) is 10.8. The Balaban J connectivity index is 1.87. The number of halogens is 2. The molecule has 0 aliphatic heterocycles. The van der Waals surface area contributed by atoms with Gasteiger partial charge in [0.25, 0.3) is 0 Å². The maximum Gasteiger partial charge on any atom is 0.434 e. The van der Waals surface area contributed by atoms with Crippen LogP contribution in [0.1, 0.15) is 48.9 Å². The molecule has 0 aliphatic carbocycles. The van der Waals surface area contributed by atoms with Gasteiger partial charge in [0.05, 0.1) is 18.2 Å². The van der Waals surface area contributed by atoms with E-state index in [1.165, 1.54) is 32.2 Å². The molecule has 4 aromatic rings. The number of aliphatic hydroxyl groups excluding tert-OH is 1. The number of ether oxygens (including phenoxy) is 1. The summed E-state index contributed by atoms with van der Waals surface area (Å²) in [5, 5.41) is 17.5. The summed E-state index contributed by atoms with van der Waals surface area (Å²) in [7, 11) is -3.17. The molecule has 1 aromatic heterocycles. The van der Waals surface area contributed by atoms with Gasteiger partial charge < -0.3 is 14.3 Å². The highest BCUT2D eigenvalue weighted by Crippen LogP contribution is 2.40. The van der Waals surface area contributed by atoms with Gasteiger partial charge in [0.1, 0.15) is 22.5 Å². The van der Waals surface area contributed by atoms with Crippen LogP contribution in [-0.2, 0) is 10.0 Å². The summed E-state index contributed by atoms with van der Waals surface area (Å²) in [6, 6.07) is 11.2. The average Bonchev–Trinajstić information content (AvgIpc) is 3.27. The van der Waals surface area contributed by atoms with Gasteiger partial charge in [0, 0.05) is 17.0 Å². The number of aromatic nitrogens is 2. The molecule has 0 bridgehead atoms. The van der Waals surface area contributed by atoms with Crippen LogP contribution in [0.25, 0.3) is 10.8 Å². The van der Waals surface area contributed by atoms with E-state index >= 15 is 4.39 Å². The van der Waals surface area contributed by atoms with Crippen LogP contribution in [0.2, 0.25) is 5.02 Å². The van der Waals surface area contributed by atoms with Crippen LogP contribution in [0.15, 0.2) is 62.6 Å². The lowest BCUT2D eigenvalue weighted by Gasteiger charge is -2.25. The van der Waals surface area contributed by atoms with E-state index in [0.717, 1.165) is 5.39 Å². The monoisotopic (exact) mass is 535 g/mol. The van der Waals surface area contributed by atoms with Gasteiger partial charge in [-0.1, -0.05) is 48.9 Å². The molecular weight excluding hydrogens is 513 g/mol. The number of methoxy groups -OCH3 is 1. The number of nitrogens with one attached hydrogen (secondary N) is 2. The summed E-state index contributed by atoms with van der Waals surface area (Å²) < 4.78 is 55.2. The third kappa shape index (κ3) is 4.74. The Bertz CT molecular complexity index is 1580. The highest BCUT2D eigenvalue weighted by atomic mass is 35.5. The molecule has 0 spiro atoms. The number of aliphatic hydroxyl groups is 1. The summed E-state index contributed by atoms with van der Waals surface area (Å²) in [5.41, 5.74) is 0.289. The van der Waals surface area contributed by atoms with E-state index in [1.807, 2.05) is 0 Å². The maximum atomic E-state index is 15.2. The first-order chi connectivity index (χ1) is 17.0. The number of benzene rings is 3. The van der Waals surface area contributed by atoms with Crippen LogP contribution in [0, 0.1) is 5.82 Å². The molecule has 1 unspecified atom stereocenters. The molecule has 9 nitrogen and oxygen atoms in total. The smallest absolute Gasteiger partial charge is 0.434 e. The van der Waals surface area contributed by atoms with Gasteiger partial charge in [-0.3, -0.25) is 0 Å². The standard InChI is InChI=1S/C24H23ClFN3O6S/c1-12(19-15-7-5-4-6-14(15)8-10-17(19)26)21(23-27-28-24(31)35-23)29-36(32,33)18-11-9-16(25)20(13(2)30)22(18)34-3/h4-13,21,29-30H,1-3H3,(H,28,31)/t12-,13?,21+/m1/s1. The molecule has 3 atom stereocenters. The molecule has 4 rings (SSSR count). The molecule has 12 heteroatoms. The van der Waals surface area contributed by atoms with Crippen LogP contribution in [0.5, 0.6) is 5.75 Å². The summed E-state index contributed by atoms with van der Waals surface area (Å²) in [5.74, 6) is -2.79. The summed E-state index contributed by atoms with van der Waals surface area (Å²) >= 11 is 6.17. The number of hydrogen-bond donors (Lipinski definition) is 3. The van der Waals surface area contributed by atoms with E-state index in [4.69, 9.17) is 20.8 Å². The second-order valence-electron chi connectivity index (χ2n) is 8.19. The Hall–Kier alpha value is -3.25. The van der Waals surface area contributed by atoms with E-state index in [1.54, 1.807) is 37.3 Å². The fourth-order valence-electron chi connectivity index (χ4n) is 4.24. The maximum absolute atomic E-state index is 15.2. The molecule has 1 heterocycles. The first-order valence-corrected chi connectivity index (χ1v) is 12.7. The zero-order valence-corrected chi connectivity index (χ0v) is 21.0. The zero-order valence-electron chi connectivity index (χ0n) is 19.5. The third-order valence-electron chi connectivity index (χ3n) is 5.89. The Morgan fingerprint density at radius 3 is 2.50 bits per heavy atom. The Morgan fingerprint density at radius 1 is 1.14 bits per heavy atom. The Labute approximate surface area is 210 Å². The van der Waals surface area contributed by atoms with Crippen molar-refractivity contribution >= 4 is 32.4 Å². The predicted octanol–water partition coefficient (Wildman–Crippen LogP) is 4.19. The van der Waals surface area contributed by atoms with Crippen LogP contribution in [-0.4, -0.2) is 30.8 Å². The largest absolute Gasteiger partial charge is 0.495 e. The molecule has 0 fully saturated rings. The van der Waals surface area contributed by atoms with Gasteiger partial charge in [-0.15, -0.1) is 5.10 Å². The van der Waals surface area contributed by atoms with Crippen LogP contribution in [0.4, 0.5) is 4.39 Å². The van der Waals surface area contributed by atoms with Crippen LogP contribution in [0.3, 0.4) is 0 Å². The van der Waals surface area contributed by atoms with Gasteiger partial charge in [-0.2, -0.15) is 4.72 Å². The lowest BCUT2D eigenvalue weighted by Crippen LogP contribution is -2.33. The minimum atomic E-state index is -4.42. The number of fused-ring (bicyclic) bond motifs is 1. The highest BCUT2D eigenvalue weighted by molar-refractivity contribution is 7.89. The molecule has 190 valence electrons. The topological polar surface area (TPSA) is 135 Å². The number of sulfonamides is 1. The minimum Gasteiger partial charge on any atom is -0.495 e. The SMILES string of the molecule is COc1c(S(=O)(=O)N[C@H](c2n[nH]c(=O)o2)[C@H](C)c2c(F)ccc3ccccc23)ccc(Cl)c1C(C)O. The minimum absolute atomic E-state index is 0.0815. The van der Waals surface area contributed by atoms with Gasteiger partial charge in [0.15, 0.2) is 0 Å². The molecule has 3 N–H and O–H groups in total. The summed E-state index contributed by atoms with van der Waals surface area (Å²) in [6.07, 6.45) is -1.13. The number of hydrogen-bond acceptors (Lipinski definition) is 7. The van der Waals surface area contributed by atoms with E-state index in [2.05, 4.69) is 14.9 Å². The number of aromatic amines is 1. The number of H-pyrrole nitrogens is 1. The number of rotatable bonds is 8. The van der Waals surface area contributed by atoms with E-state index in [0.29, 0.717) is 5.39 Å². The van der Waals surface area contributed by atoms with Gasteiger partial charge in [-0.25, -0.2) is 22.7 Å². The Morgan fingerprint density at radius 2 is 1.86 bits per heavy atom. The van der Waals surface area contributed by atoms with Crippen molar-refractivity contribution in [1.82, 2.24) is 14.9 Å². The molecule has 0 saturated carbocycles. The molecule has 36 heavy (non-hydrogen) atoms. The molecule has 0 aliphatic rings. The van der Waals surface area contributed by atoms with E-state index in [-0.39, 0.29) is 32.7 Å². The van der Waals surface area contributed by atoms with Gasteiger partial charge in [-0.05, 0) is 35.9 Å². The lowest BCUT2D eigenvalue weighted by molar-refractivity contribution is 0.193. The number of nitrogens with zero attached hydrogens (tertiary/aromatic N) is 1. The lowest BCUT2D eigenvalue weighted by atomic mass is 9.89. The molecular formula is C24H23ClFN3O6S. The molecule has 0 radical (unpaired) electrons. The van der Waals surface area contributed by atoms with Crippen molar-refractivity contribution in [3.63, 3.8) is 0 Å². The predicted molar refractivity (Wildman–Crippen MR) is 131 cm³/mol. The Kier molecular flexibility index (Phi) is 7.19. The van der Waals surface area contributed by atoms with Crippen molar-refractivity contribution in [3.8, 4) is 5.75 Å². The van der Waals surface area contributed by atoms with Crippen molar-refractivity contribution in [2.75, 3.05) is 7.11 Å². The van der Waals surface area contributed by atoms with Crippen molar-refractivity contribution in [2.24, 2.45) is 0 Å². The molecule has 0 amide bonds. The molecule has 3 aromatic carbocycles. The first kappa shape index (κ1) is 25.8. The van der Waals surface area contributed by atoms with Gasteiger partial charge in [0.2, 0.25) is 15.9 Å². The summed E-state index contributed by atoms with van der Waals surface area (Å²) in [6.45, 7) is 3.01. The normalized spacial score (nSPS) is 14.5. The van der Waals surface area contributed by atoms with Gasteiger partial charge >= 0.3 is 5.76 Å². The highest BCUT2D eigenvalue weighted by Gasteiger charge is 2.35. The fraction of sp³-hybridized carbons (Fsp3) is 0.250. The quantitative estimate of drug-likeness (QED) is 0.308. The zero-order chi connectivity index (χ0) is 26.2. The molecule has 0 saturated heterocycles. The fourth-order valence-corrected chi connectivity index (χ4v) is 5.99. The summed E-state index contributed by atoms with van der Waals surface area (Å²) in [4.78, 5) is 11.4.